The van der Waals surface area contributed by atoms with E-state index in [1.807, 2.05) is 45.1 Å². The van der Waals surface area contributed by atoms with Gasteiger partial charge in [-0.05, 0) is 23.6 Å². The van der Waals surface area contributed by atoms with Gasteiger partial charge in [0.1, 0.15) is 23.5 Å². The fraction of sp³-hybridized carbons (Fsp3) is 0.222. The number of imidazole rings is 1. The lowest BCUT2D eigenvalue weighted by atomic mass is 10.2. The molecule has 1 amide bonds. The van der Waals surface area contributed by atoms with Gasteiger partial charge in [-0.1, -0.05) is 6.07 Å². The highest BCUT2D eigenvalue weighted by Crippen LogP contribution is 2.28. The zero-order valence-corrected chi connectivity index (χ0v) is 14.8. The summed E-state index contributed by atoms with van der Waals surface area (Å²) in [6.45, 7) is 2.84. The van der Waals surface area contributed by atoms with Gasteiger partial charge in [0.25, 0.3) is 5.91 Å². The molecule has 0 atom stereocenters. The first-order chi connectivity index (χ1) is 12.8. The lowest BCUT2D eigenvalue weighted by Crippen LogP contribution is -2.49. The Bertz CT molecular complexity index is 1100. The molecule has 0 bridgehead atoms. The Labute approximate surface area is 153 Å². The predicted octanol–water partition coefficient (Wildman–Crippen LogP) is 2.30. The van der Waals surface area contributed by atoms with Crippen LogP contribution in [-0.4, -0.2) is 56.3 Å². The summed E-state index contributed by atoms with van der Waals surface area (Å²) < 4.78 is 2.95. The maximum atomic E-state index is 12.9. The second-order valence-corrected chi connectivity index (χ2v) is 7.10. The van der Waals surface area contributed by atoms with Crippen LogP contribution in [0.2, 0.25) is 0 Å². The molecule has 0 aliphatic carbocycles. The normalized spacial score (nSPS) is 15.1. The first-order valence-electron chi connectivity index (χ1n) is 8.46. The fourth-order valence-corrected chi connectivity index (χ4v) is 4.24. The van der Waals surface area contributed by atoms with Crippen LogP contribution in [0.1, 0.15) is 10.5 Å². The van der Waals surface area contributed by atoms with Crippen LogP contribution in [0.3, 0.4) is 0 Å². The van der Waals surface area contributed by atoms with E-state index >= 15 is 0 Å². The Kier molecular flexibility index (Phi) is 3.56. The van der Waals surface area contributed by atoms with E-state index in [4.69, 9.17) is 0 Å². The molecule has 4 aromatic rings. The van der Waals surface area contributed by atoms with Gasteiger partial charge >= 0.3 is 0 Å². The number of rotatable bonds is 2. The standard InChI is InChI=1S/C18H16N6OS/c25-18(14-11-19-15-3-1-2-5-24(14)15)23-8-6-22(7-9-23)17-16-13(4-10-26-16)20-12-21-17/h1-5,10-12H,6-9H2. The van der Waals surface area contributed by atoms with Crippen molar-refractivity contribution in [1.29, 1.82) is 0 Å². The third-order valence-corrected chi connectivity index (χ3v) is 5.63. The Balaban J connectivity index is 1.35. The molecule has 7 nitrogen and oxygen atoms in total. The van der Waals surface area contributed by atoms with Gasteiger partial charge in [-0.15, -0.1) is 11.3 Å². The summed E-state index contributed by atoms with van der Waals surface area (Å²) in [5, 5.41) is 2.04. The van der Waals surface area contributed by atoms with Gasteiger partial charge in [0.15, 0.2) is 0 Å². The van der Waals surface area contributed by atoms with Gasteiger partial charge in [0, 0.05) is 32.4 Å². The molecule has 1 aliphatic rings. The van der Waals surface area contributed by atoms with Crippen LogP contribution in [0.4, 0.5) is 5.82 Å². The van der Waals surface area contributed by atoms with Gasteiger partial charge in [0.05, 0.1) is 16.4 Å². The zero-order chi connectivity index (χ0) is 17.5. The molecule has 0 unspecified atom stereocenters. The second-order valence-electron chi connectivity index (χ2n) is 6.18. The minimum Gasteiger partial charge on any atom is -0.352 e. The fourth-order valence-electron chi connectivity index (χ4n) is 3.38. The molecule has 8 heteroatoms. The Morgan fingerprint density at radius 1 is 1.04 bits per heavy atom. The van der Waals surface area contributed by atoms with Crippen molar-refractivity contribution < 1.29 is 4.79 Å². The van der Waals surface area contributed by atoms with E-state index in [1.165, 1.54) is 0 Å². The molecule has 0 saturated carbocycles. The quantitative estimate of drug-likeness (QED) is 0.546. The smallest absolute Gasteiger partial charge is 0.272 e. The molecule has 1 aliphatic heterocycles. The largest absolute Gasteiger partial charge is 0.352 e. The van der Waals surface area contributed by atoms with Gasteiger partial charge in [-0.3, -0.25) is 9.20 Å². The molecule has 130 valence electrons. The maximum absolute atomic E-state index is 12.9. The third-order valence-electron chi connectivity index (χ3n) is 4.73. The molecule has 5 heterocycles. The van der Waals surface area contributed by atoms with Crippen LogP contribution in [0.5, 0.6) is 0 Å². The topological polar surface area (TPSA) is 66.6 Å². The number of amides is 1. The van der Waals surface area contributed by atoms with Gasteiger partial charge in [0.2, 0.25) is 0 Å². The summed E-state index contributed by atoms with van der Waals surface area (Å²) in [5.41, 5.74) is 2.37. The van der Waals surface area contributed by atoms with Crippen LogP contribution >= 0.6 is 11.3 Å². The van der Waals surface area contributed by atoms with Crippen molar-refractivity contribution in [2.75, 3.05) is 31.1 Å². The summed E-state index contributed by atoms with van der Waals surface area (Å²) in [7, 11) is 0. The summed E-state index contributed by atoms with van der Waals surface area (Å²) in [4.78, 5) is 30.1. The molecule has 4 aromatic heterocycles. The number of hydrogen-bond acceptors (Lipinski definition) is 6. The van der Waals surface area contributed by atoms with Gasteiger partial charge in [-0.25, -0.2) is 15.0 Å². The van der Waals surface area contributed by atoms with E-state index in [2.05, 4.69) is 19.9 Å². The number of hydrogen-bond donors (Lipinski definition) is 0. The van der Waals surface area contributed by atoms with Crippen molar-refractivity contribution in [2.24, 2.45) is 0 Å². The number of anilines is 1. The number of nitrogens with zero attached hydrogens (tertiary/aromatic N) is 6. The molecule has 26 heavy (non-hydrogen) atoms. The molecule has 0 N–H and O–H groups in total. The number of piperazine rings is 1. The average molecular weight is 364 g/mol. The minimum absolute atomic E-state index is 0.0207. The van der Waals surface area contributed by atoms with Gasteiger partial charge in [-0.2, -0.15) is 0 Å². The highest BCUT2D eigenvalue weighted by atomic mass is 32.1. The first-order valence-corrected chi connectivity index (χ1v) is 9.34. The van der Waals surface area contributed by atoms with E-state index < -0.39 is 0 Å². The number of fused-ring (bicyclic) bond motifs is 2. The van der Waals surface area contributed by atoms with Crippen LogP contribution < -0.4 is 4.90 Å². The summed E-state index contributed by atoms with van der Waals surface area (Å²) in [5.74, 6) is 0.985. The van der Waals surface area contributed by atoms with E-state index in [-0.39, 0.29) is 5.91 Å². The Hall–Kier alpha value is -3.00. The van der Waals surface area contributed by atoms with Crippen molar-refractivity contribution in [1.82, 2.24) is 24.3 Å². The SMILES string of the molecule is O=C(c1cnc2ccccn12)N1CCN(c2ncnc3ccsc23)CC1. The second kappa shape index (κ2) is 6.06. The van der Waals surface area contributed by atoms with Crippen molar-refractivity contribution in [3.63, 3.8) is 0 Å². The number of pyridine rings is 1. The molecular weight excluding hydrogens is 348 g/mol. The molecule has 0 aromatic carbocycles. The van der Waals surface area contributed by atoms with Crippen LogP contribution in [0.25, 0.3) is 15.9 Å². The predicted molar refractivity (Wildman–Crippen MR) is 101 cm³/mol. The first kappa shape index (κ1) is 15.3. The van der Waals surface area contributed by atoms with Crippen LogP contribution in [0.15, 0.2) is 48.4 Å². The highest BCUT2D eigenvalue weighted by molar-refractivity contribution is 7.17. The van der Waals surface area contributed by atoms with Crippen LogP contribution in [0, 0.1) is 0 Å². The monoisotopic (exact) mass is 364 g/mol. The lowest BCUT2D eigenvalue weighted by molar-refractivity contribution is 0.0739. The van der Waals surface area contributed by atoms with E-state index in [1.54, 1.807) is 23.9 Å². The molecule has 1 fully saturated rings. The maximum Gasteiger partial charge on any atom is 0.272 e. The lowest BCUT2D eigenvalue weighted by Gasteiger charge is -2.35. The number of carbonyl (C=O) groups excluding carboxylic acids is 1. The molecule has 1 saturated heterocycles. The Morgan fingerprint density at radius 3 is 2.81 bits per heavy atom. The van der Waals surface area contributed by atoms with E-state index in [0.29, 0.717) is 18.8 Å². The average Bonchev–Trinajstić information content (AvgIpc) is 3.34. The number of aromatic nitrogens is 4. The molecule has 0 radical (unpaired) electrons. The number of thiophene rings is 1. The summed E-state index contributed by atoms with van der Waals surface area (Å²) >= 11 is 1.66. The van der Waals surface area contributed by atoms with E-state index in [9.17, 15) is 4.79 Å². The molecule has 0 spiro atoms. The Morgan fingerprint density at radius 2 is 1.92 bits per heavy atom. The summed E-state index contributed by atoms with van der Waals surface area (Å²) in [6.07, 6.45) is 5.14. The van der Waals surface area contributed by atoms with E-state index in [0.717, 1.165) is 34.8 Å². The summed E-state index contributed by atoms with van der Waals surface area (Å²) in [6, 6.07) is 7.74. The van der Waals surface area contributed by atoms with Crippen LogP contribution in [-0.2, 0) is 0 Å². The molecule has 5 rings (SSSR count). The van der Waals surface area contributed by atoms with Gasteiger partial charge < -0.3 is 9.80 Å². The molecular formula is C18H16N6OS. The third kappa shape index (κ3) is 2.41. The van der Waals surface area contributed by atoms with Crippen molar-refractivity contribution in [3.8, 4) is 0 Å². The highest BCUT2D eigenvalue weighted by Gasteiger charge is 2.25. The van der Waals surface area contributed by atoms with Crippen molar-refractivity contribution in [2.45, 2.75) is 0 Å². The minimum atomic E-state index is 0.0207. The number of carbonyl (C=O) groups is 1. The zero-order valence-electron chi connectivity index (χ0n) is 13.9. The van der Waals surface area contributed by atoms with Crippen molar-refractivity contribution in [3.05, 3.63) is 54.1 Å². The van der Waals surface area contributed by atoms with Crippen molar-refractivity contribution >= 4 is 38.9 Å².